The Bertz CT molecular complexity index is 369. The van der Waals surface area contributed by atoms with E-state index in [2.05, 4.69) is 20.7 Å². The van der Waals surface area contributed by atoms with Gasteiger partial charge in [0, 0.05) is 5.33 Å². The van der Waals surface area contributed by atoms with Crippen molar-refractivity contribution in [3.8, 4) is 5.75 Å². The molecule has 0 amide bonds. The molecular weight excluding hydrogens is 303 g/mol. The normalized spacial score (nSPS) is 9.17. The van der Waals surface area contributed by atoms with Crippen LogP contribution in [-0.2, 0) is 4.74 Å². The van der Waals surface area contributed by atoms with Gasteiger partial charge in [0.25, 0.3) is 0 Å². The van der Waals surface area contributed by atoms with Gasteiger partial charge < -0.3 is 9.47 Å². The van der Waals surface area contributed by atoms with Gasteiger partial charge in [0.1, 0.15) is 0 Å². The number of hydrogen-bond acceptors (Lipinski definition) is 3. The van der Waals surface area contributed by atoms with E-state index in [-0.39, 0.29) is 11.3 Å². The summed E-state index contributed by atoms with van der Waals surface area (Å²) in [5.74, 6) is -0.920. The molecule has 1 aromatic rings. The quantitative estimate of drug-likeness (QED) is 0.470. The van der Waals surface area contributed by atoms with E-state index in [4.69, 9.17) is 4.74 Å². The molecule has 102 valence electrons. The van der Waals surface area contributed by atoms with Gasteiger partial charge in [-0.1, -0.05) is 29.8 Å². The lowest BCUT2D eigenvalue weighted by Crippen LogP contribution is -2.04. The first-order valence-electron chi connectivity index (χ1n) is 5.75. The van der Waals surface area contributed by atoms with E-state index in [1.807, 2.05) is 13.8 Å². The highest BCUT2D eigenvalue weighted by atomic mass is 79.9. The lowest BCUT2D eigenvalue weighted by molar-refractivity contribution is 0.0600. The Hall–Kier alpha value is -1.10. The fraction of sp³-hybridized carbons (Fsp3) is 0.462. The average Bonchev–Trinajstić information content (AvgIpc) is 2.42. The lowest BCUT2D eigenvalue weighted by atomic mass is 10.2. The third-order valence-electron chi connectivity index (χ3n) is 1.89. The highest BCUT2D eigenvalue weighted by Crippen LogP contribution is 2.19. The van der Waals surface area contributed by atoms with Gasteiger partial charge in [-0.15, -0.1) is 0 Å². The van der Waals surface area contributed by atoms with Crippen molar-refractivity contribution in [2.75, 3.05) is 19.0 Å². The number of methoxy groups -OCH3 is 1. The topological polar surface area (TPSA) is 35.5 Å². The molecule has 0 aromatic heterocycles. The zero-order valence-corrected chi connectivity index (χ0v) is 12.4. The fourth-order valence-electron chi connectivity index (χ4n) is 1.10. The molecule has 3 nitrogen and oxygen atoms in total. The number of rotatable bonds is 5. The third-order valence-corrected chi connectivity index (χ3v) is 2.45. The molecular formula is C13H18BrFO3. The summed E-state index contributed by atoms with van der Waals surface area (Å²) >= 11 is 3.24. The summed E-state index contributed by atoms with van der Waals surface area (Å²) in [6, 6.07) is 3.89. The molecule has 0 N–H and O–H groups in total. The van der Waals surface area contributed by atoms with Crippen molar-refractivity contribution in [2.24, 2.45) is 0 Å². The van der Waals surface area contributed by atoms with Crippen LogP contribution in [-0.4, -0.2) is 25.0 Å². The Labute approximate surface area is 115 Å². The molecule has 0 aliphatic heterocycles. The Balaban J connectivity index is 0.00000137. The van der Waals surface area contributed by atoms with Crippen LogP contribution >= 0.6 is 15.9 Å². The molecule has 0 spiro atoms. The number of carbonyl (C=O) groups is 1. The molecule has 18 heavy (non-hydrogen) atoms. The summed E-state index contributed by atoms with van der Waals surface area (Å²) in [7, 11) is 1.27. The van der Waals surface area contributed by atoms with Gasteiger partial charge in [0.15, 0.2) is 11.6 Å². The molecule has 0 saturated heterocycles. The van der Waals surface area contributed by atoms with Gasteiger partial charge in [0.2, 0.25) is 0 Å². The Morgan fingerprint density at radius 1 is 1.39 bits per heavy atom. The largest absolute Gasteiger partial charge is 0.490 e. The van der Waals surface area contributed by atoms with E-state index < -0.39 is 11.8 Å². The van der Waals surface area contributed by atoms with Crippen molar-refractivity contribution in [3.63, 3.8) is 0 Å². The van der Waals surface area contributed by atoms with Crippen molar-refractivity contribution in [1.82, 2.24) is 0 Å². The summed E-state index contributed by atoms with van der Waals surface area (Å²) in [5, 5.41) is 0.783. The fourth-order valence-corrected chi connectivity index (χ4v) is 1.32. The van der Waals surface area contributed by atoms with Crippen LogP contribution in [0.2, 0.25) is 0 Å². The monoisotopic (exact) mass is 320 g/mol. The molecule has 0 unspecified atom stereocenters. The predicted molar refractivity (Wildman–Crippen MR) is 73.0 cm³/mol. The van der Waals surface area contributed by atoms with Crippen LogP contribution in [0.15, 0.2) is 18.2 Å². The number of ether oxygens (including phenoxy) is 2. The van der Waals surface area contributed by atoms with Crippen molar-refractivity contribution in [3.05, 3.63) is 29.6 Å². The first-order chi connectivity index (χ1) is 8.69. The second-order valence-electron chi connectivity index (χ2n) is 3.03. The second-order valence-corrected chi connectivity index (χ2v) is 3.82. The first-order valence-corrected chi connectivity index (χ1v) is 6.88. The zero-order valence-electron chi connectivity index (χ0n) is 10.8. The molecule has 0 radical (unpaired) electrons. The van der Waals surface area contributed by atoms with Gasteiger partial charge >= 0.3 is 5.97 Å². The smallest absolute Gasteiger partial charge is 0.337 e. The maximum absolute atomic E-state index is 13.3. The summed E-state index contributed by atoms with van der Waals surface area (Å²) in [5.41, 5.74) is 0.276. The summed E-state index contributed by atoms with van der Waals surface area (Å²) in [6.45, 7) is 4.40. The molecule has 0 atom stereocenters. The molecule has 5 heteroatoms. The van der Waals surface area contributed by atoms with Crippen LogP contribution in [0.25, 0.3) is 0 Å². The number of benzene rings is 1. The van der Waals surface area contributed by atoms with E-state index in [0.29, 0.717) is 6.61 Å². The molecule has 1 rings (SSSR count). The Kier molecular flexibility index (Phi) is 9.28. The minimum Gasteiger partial charge on any atom is -0.490 e. The summed E-state index contributed by atoms with van der Waals surface area (Å²) in [6.07, 6.45) is 0.766. The SMILES string of the molecule is CC.COC(=O)c1ccc(F)c(OCCCBr)c1. The first kappa shape index (κ1) is 16.9. The number of carbonyl (C=O) groups excluding carboxylic acids is 1. The Morgan fingerprint density at radius 2 is 2.06 bits per heavy atom. The molecule has 0 saturated carbocycles. The van der Waals surface area contributed by atoms with E-state index in [1.54, 1.807) is 0 Å². The van der Waals surface area contributed by atoms with E-state index in [9.17, 15) is 9.18 Å². The number of hydrogen-bond donors (Lipinski definition) is 0. The second kappa shape index (κ2) is 9.88. The molecule has 0 bridgehead atoms. The van der Waals surface area contributed by atoms with Gasteiger partial charge in [0.05, 0.1) is 19.3 Å². The van der Waals surface area contributed by atoms with Crippen LogP contribution in [0.1, 0.15) is 30.6 Å². The highest BCUT2D eigenvalue weighted by Gasteiger charge is 2.10. The Morgan fingerprint density at radius 3 is 2.61 bits per heavy atom. The van der Waals surface area contributed by atoms with Gasteiger partial charge in [-0.3, -0.25) is 0 Å². The average molecular weight is 321 g/mol. The minimum absolute atomic E-state index is 0.0730. The predicted octanol–water partition coefficient (Wildman–Crippen LogP) is 3.80. The van der Waals surface area contributed by atoms with E-state index in [0.717, 1.165) is 11.8 Å². The van der Waals surface area contributed by atoms with Crippen molar-refractivity contribution in [2.45, 2.75) is 20.3 Å². The number of alkyl halides is 1. The molecule has 0 heterocycles. The van der Waals surface area contributed by atoms with Gasteiger partial charge in [-0.05, 0) is 24.6 Å². The number of halogens is 2. The molecule has 1 aromatic carbocycles. The van der Waals surface area contributed by atoms with Crippen LogP contribution in [0.3, 0.4) is 0 Å². The van der Waals surface area contributed by atoms with E-state index >= 15 is 0 Å². The van der Waals surface area contributed by atoms with Crippen molar-refractivity contribution >= 4 is 21.9 Å². The maximum Gasteiger partial charge on any atom is 0.337 e. The highest BCUT2D eigenvalue weighted by molar-refractivity contribution is 9.09. The molecule has 0 aliphatic carbocycles. The van der Waals surface area contributed by atoms with Crippen LogP contribution in [0.4, 0.5) is 4.39 Å². The standard InChI is InChI=1S/C11H12BrFO3.C2H6/c1-15-11(14)8-3-4-9(13)10(7-8)16-6-2-5-12;1-2/h3-4,7H,2,5-6H2,1H3;1-2H3. The summed E-state index contributed by atoms with van der Waals surface area (Å²) in [4.78, 5) is 11.2. The van der Waals surface area contributed by atoms with Gasteiger partial charge in [-0.2, -0.15) is 0 Å². The van der Waals surface area contributed by atoms with Crippen LogP contribution in [0.5, 0.6) is 5.75 Å². The maximum atomic E-state index is 13.3. The molecule has 0 fully saturated rings. The van der Waals surface area contributed by atoms with Crippen LogP contribution in [0, 0.1) is 5.82 Å². The lowest BCUT2D eigenvalue weighted by Gasteiger charge is -2.07. The van der Waals surface area contributed by atoms with E-state index in [1.165, 1.54) is 25.3 Å². The number of esters is 1. The minimum atomic E-state index is -0.509. The molecule has 0 aliphatic rings. The van der Waals surface area contributed by atoms with Crippen molar-refractivity contribution < 1.29 is 18.7 Å². The zero-order chi connectivity index (χ0) is 14.0. The van der Waals surface area contributed by atoms with Crippen LogP contribution < -0.4 is 4.74 Å². The summed E-state index contributed by atoms with van der Waals surface area (Å²) < 4.78 is 23.0. The van der Waals surface area contributed by atoms with Gasteiger partial charge in [-0.25, -0.2) is 9.18 Å². The third kappa shape index (κ3) is 5.49. The van der Waals surface area contributed by atoms with Crippen molar-refractivity contribution in [1.29, 1.82) is 0 Å².